The van der Waals surface area contributed by atoms with Gasteiger partial charge in [-0.15, -0.1) is 0 Å². The predicted molar refractivity (Wildman–Crippen MR) is 123 cm³/mol. The summed E-state index contributed by atoms with van der Waals surface area (Å²) < 4.78 is 11.1. The number of ether oxygens (including phenoxy) is 2. The molecule has 0 fully saturated rings. The Balaban J connectivity index is 1.94. The van der Waals surface area contributed by atoms with Crippen molar-refractivity contribution in [2.24, 2.45) is 0 Å². The maximum absolute atomic E-state index is 12.6. The van der Waals surface area contributed by atoms with Crippen LogP contribution in [0.2, 0.25) is 0 Å². The highest BCUT2D eigenvalue weighted by Gasteiger charge is 2.37. The van der Waals surface area contributed by atoms with Gasteiger partial charge >= 0.3 is 6.03 Å². The Bertz CT molecular complexity index is 893. The predicted octanol–water partition coefficient (Wildman–Crippen LogP) is 2.87. The molecular weight excluding hydrogens is 390 g/mol. The van der Waals surface area contributed by atoms with Gasteiger partial charge in [-0.3, -0.25) is 0 Å². The summed E-state index contributed by atoms with van der Waals surface area (Å²) in [7, 11) is 3.33. The number of methoxy groups -OCH3 is 2. The lowest BCUT2D eigenvalue weighted by Gasteiger charge is -2.38. The normalized spacial score (nSPS) is 19.2. The maximum Gasteiger partial charge on any atom is 0.315 e. The van der Waals surface area contributed by atoms with E-state index in [2.05, 4.69) is 54.0 Å². The maximum atomic E-state index is 12.6. The second-order valence-electron chi connectivity index (χ2n) is 9.34. The van der Waals surface area contributed by atoms with E-state index in [9.17, 15) is 4.79 Å². The van der Waals surface area contributed by atoms with Crippen molar-refractivity contribution in [1.82, 2.24) is 10.6 Å². The van der Waals surface area contributed by atoms with Crippen LogP contribution in [0.1, 0.15) is 50.4 Å². The van der Waals surface area contributed by atoms with Crippen LogP contribution in [0.3, 0.4) is 0 Å². The number of hydrogen-bond donors (Lipinski definition) is 3. The van der Waals surface area contributed by atoms with Gasteiger partial charge < -0.3 is 25.0 Å². The Kier molecular flexibility index (Phi) is 7.11. The topological polar surface area (TPSA) is 64.0 Å². The van der Waals surface area contributed by atoms with Crippen LogP contribution in [0, 0.1) is 0 Å². The van der Waals surface area contributed by atoms with Gasteiger partial charge in [-0.25, -0.2) is 4.79 Å². The number of carbonyl (C=O) groups is 1. The van der Waals surface area contributed by atoms with Crippen LogP contribution in [0.25, 0.3) is 0 Å². The van der Waals surface area contributed by atoms with Gasteiger partial charge in [0.15, 0.2) is 11.5 Å². The summed E-state index contributed by atoms with van der Waals surface area (Å²) in [6, 6.07) is 14.6. The van der Waals surface area contributed by atoms with Crippen LogP contribution in [0.4, 0.5) is 4.79 Å². The molecule has 2 aromatic carbocycles. The lowest BCUT2D eigenvalue weighted by Crippen LogP contribution is -3.13. The molecule has 1 unspecified atom stereocenters. The van der Waals surface area contributed by atoms with Gasteiger partial charge in [0.05, 0.1) is 26.8 Å². The Morgan fingerprint density at radius 1 is 1.13 bits per heavy atom. The largest absolute Gasteiger partial charge is 0.493 e. The molecule has 0 saturated carbocycles. The van der Waals surface area contributed by atoms with Crippen LogP contribution < -0.4 is 25.0 Å². The zero-order valence-corrected chi connectivity index (χ0v) is 19.5. The Hall–Kier alpha value is -2.73. The summed E-state index contributed by atoms with van der Waals surface area (Å²) in [6.07, 6.45) is 0.954. The van der Waals surface area contributed by atoms with Gasteiger partial charge in [-0.2, -0.15) is 0 Å². The number of nitrogens with one attached hydrogen (secondary N) is 3. The molecule has 168 valence electrons. The van der Waals surface area contributed by atoms with E-state index in [1.807, 2.05) is 26.8 Å². The zero-order chi connectivity index (χ0) is 22.6. The molecule has 6 heteroatoms. The first-order valence-corrected chi connectivity index (χ1v) is 10.9. The highest BCUT2D eigenvalue weighted by atomic mass is 16.5. The third-order valence-corrected chi connectivity index (χ3v) is 5.76. The van der Waals surface area contributed by atoms with E-state index in [4.69, 9.17) is 9.47 Å². The molecule has 2 amide bonds. The number of rotatable bonds is 6. The number of amides is 2. The standard InChI is InChI=1S/C25H35N3O3/c1-17(26-24(29)27-25(2,3)4)23-20-15-22(31-6)21(30-5)14-19(20)12-13-28(23)16-18-10-8-7-9-11-18/h7-11,14-15,17,23H,12-13,16H2,1-6H3,(H2,26,27,29)/p+1/t17-,23+/m0/s1. The lowest BCUT2D eigenvalue weighted by atomic mass is 9.87. The third-order valence-electron chi connectivity index (χ3n) is 5.76. The van der Waals surface area contributed by atoms with Gasteiger partial charge in [-0.05, 0) is 45.4 Å². The third kappa shape index (κ3) is 5.70. The number of benzene rings is 2. The van der Waals surface area contributed by atoms with Crippen molar-refractivity contribution in [2.45, 2.75) is 58.3 Å². The average molecular weight is 427 g/mol. The lowest BCUT2D eigenvalue weighted by molar-refractivity contribution is -0.948. The second kappa shape index (κ2) is 9.60. The number of hydrogen-bond acceptors (Lipinski definition) is 3. The summed E-state index contributed by atoms with van der Waals surface area (Å²) in [5.74, 6) is 1.47. The van der Waals surface area contributed by atoms with E-state index in [1.54, 1.807) is 14.2 Å². The minimum atomic E-state index is -0.290. The van der Waals surface area contributed by atoms with Crippen LogP contribution in [-0.4, -0.2) is 38.4 Å². The Morgan fingerprint density at radius 3 is 2.39 bits per heavy atom. The molecule has 3 N–H and O–H groups in total. The summed E-state index contributed by atoms with van der Waals surface area (Å²) in [5.41, 5.74) is 3.46. The summed E-state index contributed by atoms with van der Waals surface area (Å²) in [5, 5.41) is 6.20. The molecule has 6 nitrogen and oxygen atoms in total. The second-order valence-corrected chi connectivity index (χ2v) is 9.34. The van der Waals surface area contributed by atoms with Gasteiger partial charge in [0.25, 0.3) is 0 Å². The van der Waals surface area contributed by atoms with E-state index in [0.717, 1.165) is 31.0 Å². The van der Waals surface area contributed by atoms with Crippen molar-refractivity contribution in [1.29, 1.82) is 0 Å². The van der Waals surface area contributed by atoms with Crippen LogP contribution in [0.15, 0.2) is 42.5 Å². The first-order chi connectivity index (χ1) is 14.7. The van der Waals surface area contributed by atoms with Gasteiger partial charge in [-0.1, -0.05) is 30.3 Å². The highest BCUT2D eigenvalue weighted by Crippen LogP contribution is 2.35. The Labute approximate surface area is 185 Å². The van der Waals surface area contributed by atoms with E-state index in [0.29, 0.717) is 0 Å². The molecule has 1 aliphatic heterocycles. The minimum absolute atomic E-state index is 0.0711. The van der Waals surface area contributed by atoms with Gasteiger partial charge in [0.2, 0.25) is 0 Å². The monoisotopic (exact) mass is 426 g/mol. The van der Waals surface area contributed by atoms with Gasteiger partial charge in [0.1, 0.15) is 12.6 Å². The van der Waals surface area contributed by atoms with E-state index in [-0.39, 0.29) is 23.7 Å². The van der Waals surface area contributed by atoms with Crippen molar-refractivity contribution in [3.63, 3.8) is 0 Å². The smallest absolute Gasteiger partial charge is 0.315 e. The fourth-order valence-corrected chi connectivity index (χ4v) is 4.46. The number of fused-ring (bicyclic) bond motifs is 1. The first-order valence-electron chi connectivity index (χ1n) is 10.9. The SMILES string of the molecule is COc1cc2c(cc1OC)[C@@H]([C@H](C)NC(=O)NC(C)(C)C)[NH+](Cc1ccccc1)CC2. The number of quaternary nitrogens is 1. The minimum Gasteiger partial charge on any atom is -0.493 e. The number of urea groups is 1. The molecular formula is C25H36N3O3+. The molecule has 0 bridgehead atoms. The summed E-state index contributed by atoms with van der Waals surface area (Å²) in [4.78, 5) is 14.1. The fraction of sp³-hybridized carbons (Fsp3) is 0.480. The van der Waals surface area contributed by atoms with Crippen molar-refractivity contribution >= 4 is 6.03 Å². The molecule has 0 aliphatic carbocycles. The quantitative estimate of drug-likeness (QED) is 0.666. The number of carbonyl (C=O) groups excluding carboxylic acids is 1. The highest BCUT2D eigenvalue weighted by molar-refractivity contribution is 5.75. The molecule has 1 aliphatic rings. The Morgan fingerprint density at radius 2 is 1.77 bits per heavy atom. The van der Waals surface area contributed by atoms with E-state index in [1.165, 1.54) is 21.6 Å². The molecule has 3 rings (SSSR count). The molecule has 0 spiro atoms. The molecule has 0 aromatic heterocycles. The fourth-order valence-electron chi connectivity index (χ4n) is 4.46. The van der Waals surface area contributed by atoms with Crippen LogP contribution in [-0.2, 0) is 13.0 Å². The van der Waals surface area contributed by atoms with E-state index < -0.39 is 0 Å². The molecule has 1 heterocycles. The van der Waals surface area contributed by atoms with Crippen LogP contribution in [0.5, 0.6) is 11.5 Å². The molecule has 0 radical (unpaired) electrons. The molecule has 2 aromatic rings. The van der Waals surface area contributed by atoms with E-state index >= 15 is 0 Å². The summed E-state index contributed by atoms with van der Waals surface area (Å²) >= 11 is 0. The molecule has 3 atom stereocenters. The zero-order valence-electron chi connectivity index (χ0n) is 19.5. The van der Waals surface area contributed by atoms with Crippen molar-refractivity contribution in [3.05, 3.63) is 59.2 Å². The van der Waals surface area contributed by atoms with Gasteiger partial charge in [0, 0.05) is 23.1 Å². The average Bonchev–Trinajstić information content (AvgIpc) is 2.71. The van der Waals surface area contributed by atoms with Crippen molar-refractivity contribution in [3.8, 4) is 11.5 Å². The molecule has 0 saturated heterocycles. The summed E-state index contributed by atoms with van der Waals surface area (Å²) in [6.45, 7) is 9.91. The van der Waals surface area contributed by atoms with Crippen molar-refractivity contribution in [2.75, 3.05) is 20.8 Å². The molecule has 31 heavy (non-hydrogen) atoms. The van der Waals surface area contributed by atoms with Crippen LogP contribution >= 0.6 is 0 Å². The van der Waals surface area contributed by atoms with Crippen molar-refractivity contribution < 1.29 is 19.2 Å². The first kappa shape index (κ1) is 22.9.